The van der Waals surface area contributed by atoms with E-state index in [4.69, 9.17) is 18.3 Å². The summed E-state index contributed by atoms with van der Waals surface area (Å²) in [5.41, 5.74) is 0.717. The Bertz CT molecular complexity index is 1210. The molecular formula is C23H19NO6. The number of rotatable bonds is 7. The topological polar surface area (TPSA) is 90.9 Å². The van der Waals surface area contributed by atoms with Gasteiger partial charge < -0.3 is 23.6 Å². The number of methoxy groups -OCH3 is 1. The van der Waals surface area contributed by atoms with Crippen molar-refractivity contribution in [2.75, 3.05) is 13.7 Å². The van der Waals surface area contributed by atoms with Crippen LogP contribution in [0.2, 0.25) is 0 Å². The highest BCUT2D eigenvalue weighted by Gasteiger charge is 2.19. The van der Waals surface area contributed by atoms with Gasteiger partial charge in [-0.2, -0.15) is 0 Å². The second-order valence-corrected chi connectivity index (χ2v) is 6.46. The minimum atomic E-state index is -0.389. The van der Waals surface area contributed by atoms with E-state index in [1.165, 1.54) is 6.26 Å². The molecule has 2 aromatic carbocycles. The van der Waals surface area contributed by atoms with Gasteiger partial charge in [-0.25, -0.2) is 0 Å². The highest BCUT2D eigenvalue weighted by Crippen LogP contribution is 2.31. The van der Waals surface area contributed by atoms with Gasteiger partial charge in [-0.3, -0.25) is 9.59 Å². The average Bonchev–Trinajstić information content (AvgIpc) is 3.31. The number of nitrogens with one attached hydrogen (secondary N) is 1. The summed E-state index contributed by atoms with van der Waals surface area (Å²) in [7, 11) is 1.57. The minimum Gasteiger partial charge on any atom is -0.497 e. The lowest BCUT2D eigenvalue weighted by molar-refractivity contribution is -0.123. The summed E-state index contributed by atoms with van der Waals surface area (Å²) < 4.78 is 22.0. The Kier molecular flexibility index (Phi) is 5.52. The largest absolute Gasteiger partial charge is 0.497 e. The summed E-state index contributed by atoms with van der Waals surface area (Å²) in [6, 6.07) is 17.4. The maximum Gasteiger partial charge on any atom is 0.258 e. The Morgan fingerprint density at radius 3 is 2.57 bits per heavy atom. The van der Waals surface area contributed by atoms with Crippen molar-refractivity contribution < 1.29 is 23.1 Å². The summed E-state index contributed by atoms with van der Waals surface area (Å²) in [5.74, 6) is 1.13. The molecule has 0 spiro atoms. The van der Waals surface area contributed by atoms with Crippen molar-refractivity contribution in [1.29, 1.82) is 0 Å². The van der Waals surface area contributed by atoms with E-state index in [1.54, 1.807) is 67.8 Å². The van der Waals surface area contributed by atoms with Gasteiger partial charge in [0.1, 0.15) is 17.1 Å². The molecule has 1 amide bonds. The first kappa shape index (κ1) is 19.3. The third-order valence-electron chi connectivity index (χ3n) is 4.50. The normalized spacial score (nSPS) is 10.7. The number of hydrogen-bond acceptors (Lipinski definition) is 6. The van der Waals surface area contributed by atoms with Crippen molar-refractivity contribution in [2.24, 2.45) is 0 Å². The van der Waals surface area contributed by atoms with E-state index in [0.717, 1.165) is 0 Å². The molecule has 0 bridgehead atoms. The third kappa shape index (κ3) is 4.05. The second-order valence-electron chi connectivity index (χ2n) is 6.46. The summed E-state index contributed by atoms with van der Waals surface area (Å²) in [6.45, 7) is -0.111. The molecule has 0 fully saturated rings. The maximum absolute atomic E-state index is 13.0. The quantitative estimate of drug-likeness (QED) is 0.504. The number of furan rings is 1. The first-order valence-corrected chi connectivity index (χ1v) is 9.28. The lowest BCUT2D eigenvalue weighted by Crippen LogP contribution is -2.29. The van der Waals surface area contributed by atoms with Crippen LogP contribution in [-0.2, 0) is 11.3 Å². The van der Waals surface area contributed by atoms with Crippen LogP contribution in [0.5, 0.6) is 11.5 Å². The monoisotopic (exact) mass is 405 g/mol. The molecule has 7 heteroatoms. The molecule has 0 aliphatic rings. The summed E-state index contributed by atoms with van der Waals surface area (Å²) in [4.78, 5) is 25.2. The van der Waals surface area contributed by atoms with E-state index in [1.807, 2.05) is 0 Å². The van der Waals surface area contributed by atoms with E-state index in [-0.39, 0.29) is 36.0 Å². The fraction of sp³-hybridized carbons (Fsp3) is 0.130. The van der Waals surface area contributed by atoms with Gasteiger partial charge in [0.25, 0.3) is 5.91 Å². The summed E-state index contributed by atoms with van der Waals surface area (Å²) >= 11 is 0. The molecule has 0 saturated carbocycles. The van der Waals surface area contributed by atoms with Crippen molar-refractivity contribution in [3.63, 3.8) is 0 Å². The number of hydrogen-bond donors (Lipinski definition) is 1. The molecule has 2 heterocycles. The zero-order valence-electron chi connectivity index (χ0n) is 16.2. The second kappa shape index (κ2) is 8.57. The molecule has 0 aliphatic carbocycles. The van der Waals surface area contributed by atoms with E-state index >= 15 is 0 Å². The Labute approximate surface area is 171 Å². The van der Waals surface area contributed by atoms with Gasteiger partial charge in [0.2, 0.25) is 11.2 Å². The van der Waals surface area contributed by atoms with Crippen LogP contribution in [-0.4, -0.2) is 19.6 Å². The van der Waals surface area contributed by atoms with E-state index in [9.17, 15) is 9.59 Å². The van der Waals surface area contributed by atoms with Gasteiger partial charge in [-0.15, -0.1) is 0 Å². The molecule has 30 heavy (non-hydrogen) atoms. The Morgan fingerprint density at radius 2 is 1.83 bits per heavy atom. The number of amides is 1. The molecule has 7 nitrogen and oxygen atoms in total. The number of carbonyl (C=O) groups is 1. The molecular weight excluding hydrogens is 386 g/mol. The lowest BCUT2D eigenvalue weighted by atomic mass is 10.1. The van der Waals surface area contributed by atoms with Crippen LogP contribution in [0.4, 0.5) is 0 Å². The van der Waals surface area contributed by atoms with Crippen LogP contribution in [0, 0.1) is 0 Å². The van der Waals surface area contributed by atoms with E-state index in [2.05, 4.69) is 5.32 Å². The first-order valence-electron chi connectivity index (χ1n) is 9.28. The first-order chi connectivity index (χ1) is 14.7. The van der Waals surface area contributed by atoms with Crippen LogP contribution in [0.15, 0.2) is 80.6 Å². The molecule has 1 N–H and O–H groups in total. The molecule has 0 unspecified atom stereocenters. The fourth-order valence-corrected chi connectivity index (χ4v) is 2.98. The minimum absolute atomic E-state index is 0.0213. The molecule has 0 saturated heterocycles. The van der Waals surface area contributed by atoms with Gasteiger partial charge >= 0.3 is 0 Å². The number of carbonyl (C=O) groups excluding carboxylic acids is 1. The number of fused-ring (bicyclic) bond motifs is 1. The molecule has 4 rings (SSSR count). The van der Waals surface area contributed by atoms with Crippen molar-refractivity contribution in [3.8, 4) is 22.8 Å². The van der Waals surface area contributed by atoms with E-state index in [0.29, 0.717) is 28.0 Å². The molecule has 0 atom stereocenters. The maximum atomic E-state index is 13.0. The smallest absolute Gasteiger partial charge is 0.258 e. The zero-order valence-corrected chi connectivity index (χ0v) is 16.2. The highest BCUT2D eigenvalue weighted by atomic mass is 16.5. The number of benzene rings is 2. The molecule has 152 valence electrons. The van der Waals surface area contributed by atoms with Crippen LogP contribution < -0.4 is 20.2 Å². The Hall–Kier alpha value is -4.00. The van der Waals surface area contributed by atoms with E-state index < -0.39 is 0 Å². The Morgan fingerprint density at radius 1 is 1.03 bits per heavy atom. The number of para-hydroxylation sites is 1. The van der Waals surface area contributed by atoms with Crippen LogP contribution in [0.3, 0.4) is 0 Å². The van der Waals surface area contributed by atoms with Gasteiger partial charge in [0.15, 0.2) is 12.4 Å². The molecule has 2 aromatic heterocycles. The van der Waals surface area contributed by atoms with Gasteiger partial charge in [-0.05, 0) is 48.5 Å². The van der Waals surface area contributed by atoms with Crippen LogP contribution in [0.1, 0.15) is 5.76 Å². The van der Waals surface area contributed by atoms with Crippen molar-refractivity contribution in [3.05, 3.63) is 82.9 Å². The van der Waals surface area contributed by atoms with Crippen molar-refractivity contribution in [1.82, 2.24) is 5.32 Å². The highest BCUT2D eigenvalue weighted by molar-refractivity contribution is 5.83. The summed E-state index contributed by atoms with van der Waals surface area (Å²) in [6.07, 6.45) is 1.53. The van der Waals surface area contributed by atoms with Crippen molar-refractivity contribution >= 4 is 16.9 Å². The summed E-state index contributed by atoms with van der Waals surface area (Å²) in [5, 5.41) is 3.06. The predicted octanol–water partition coefficient (Wildman–Crippen LogP) is 3.76. The lowest BCUT2D eigenvalue weighted by Gasteiger charge is -2.12. The zero-order chi connectivity index (χ0) is 20.9. The van der Waals surface area contributed by atoms with Gasteiger partial charge in [0.05, 0.1) is 25.3 Å². The van der Waals surface area contributed by atoms with Crippen molar-refractivity contribution in [2.45, 2.75) is 6.54 Å². The third-order valence-corrected chi connectivity index (χ3v) is 4.50. The average molecular weight is 405 g/mol. The molecule has 4 aromatic rings. The SMILES string of the molecule is COc1ccc(-c2oc3ccccc3c(=O)c2OCC(=O)NCc2ccco2)cc1. The predicted molar refractivity (Wildman–Crippen MR) is 111 cm³/mol. The van der Waals surface area contributed by atoms with Crippen LogP contribution >= 0.6 is 0 Å². The fourth-order valence-electron chi connectivity index (χ4n) is 2.98. The van der Waals surface area contributed by atoms with Gasteiger partial charge in [0, 0.05) is 5.56 Å². The molecule has 0 aliphatic heterocycles. The number of ether oxygens (including phenoxy) is 2. The van der Waals surface area contributed by atoms with Crippen LogP contribution in [0.25, 0.3) is 22.3 Å². The van der Waals surface area contributed by atoms with Gasteiger partial charge in [-0.1, -0.05) is 12.1 Å². The Balaban J connectivity index is 1.63. The molecule has 0 radical (unpaired) electrons. The standard InChI is InChI=1S/C23H19NO6/c1-27-16-10-8-15(9-11-16)22-23(21(26)18-6-2-3-7-19(18)30-22)29-14-20(25)24-13-17-5-4-12-28-17/h2-12H,13-14H2,1H3,(H,24,25).